The third-order valence-electron chi connectivity index (χ3n) is 4.77. The molecule has 0 saturated carbocycles. The van der Waals surface area contributed by atoms with Crippen molar-refractivity contribution in [1.29, 1.82) is 0 Å². The average molecular weight is 395 g/mol. The number of amides is 1. The zero-order valence-electron chi connectivity index (χ0n) is 15.7. The van der Waals surface area contributed by atoms with Crippen LogP contribution in [-0.2, 0) is 11.4 Å². The van der Waals surface area contributed by atoms with E-state index in [-0.39, 0.29) is 24.9 Å². The minimum absolute atomic E-state index is 0. The number of piperidine rings is 1. The van der Waals surface area contributed by atoms with Gasteiger partial charge < -0.3 is 19.9 Å². The first-order valence-electron chi connectivity index (χ1n) is 9.13. The van der Waals surface area contributed by atoms with E-state index in [1.807, 2.05) is 24.3 Å². The molecule has 0 radical (unpaired) electrons. The molecule has 0 spiro atoms. The van der Waals surface area contributed by atoms with Gasteiger partial charge in [0.25, 0.3) is 0 Å². The number of carbonyl (C=O) groups is 1. The molecule has 2 N–H and O–H groups in total. The molecule has 1 unspecified atom stereocenters. The van der Waals surface area contributed by atoms with Crippen molar-refractivity contribution in [2.45, 2.75) is 39.7 Å². The standard InChI is InChI=1S/C19H26N4O3.ClH/c1-13(15-7-9-20-10-8-15)11-19(24)22-16-3-5-17(6-4-16)25-12-18-21-14(2)26-23-18;/h3-6,13,15,20H,7-12H2,1-2H3,(H,22,24);1H. The Morgan fingerprint density at radius 1 is 1.33 bits per heavy atom. The van der Waals surface area contributed by atoms with E-state index in [4.69, 9.17) is 9.26 Å². The molecule has 0 aliphatic carbocycles. The Morgan fingerprint density at radius 3 is 2.67 bits per heavy atom. The van der Waals surface area contributed by atoms with Gasteiger partial charge in [-0.2, -0.15) is 4.98 Å². The number of aromatic nitrogens is 2. The quantitative estimate of drug-likeness (QED) is 0.748. The summed E-state index contributed by atoms with van der Waals surface area (Å²) in [5.41, 5.74) is 0.773. The number of anilines is 1. The van der Waals surface area contributed by atoms with Crippen LogP contribution in [0.4, 0.5) is 5.69 Å². The van der Waals surface area contributed by atoms with Crippen molar-refractivity contribution in [3.63, 3.8) is 0 Å². The van der Waals surface area contributed by atoms with Gasteiger partial charge in [0.2, 0.25) is 17.6 Å². The Morgan fingerprint density at radius 2 is 2.04 bits per heavy atom. The Kier molecular flexibility index (Phi) is 8.06. The first-order valence-corrected chi connectivity index (χ1v) is 9.13. The fourth-order valence-electron chi connectivity index (χ4n) is 3.27. The number of hydrogen-bond donors (Lipinski definition) is 2. The molecule has 2 aromatic rings. The Bertz CT molecular complexity index is 714. The van der Waals surface area contributed by atoms with E-state index in [1.54, 1.807) is 6.92 Å². The van der Waals surface area contributed by atoms with Crippen LogP contribution in [0.5, 0.6) is 5.75 Å². The molecule has 3 rings (SSSR count). The van der Waals surface area contributed by atoms with Crippen LogP contribution < -0.4 is 15.4 Å². The number of halogens is 1. The zero-order chi connectivity index (χ0) is 18.4. The normalized spacial score (nSPS) is 15.6. The Labute approximate surface area is 165 Å². The van der Waals surface area contributed by atoms with Crippen molar-refractivity contribution in [1.82, 2.24) is 15.5 Å². The van der Waals surface area contributed by atoms with Gasteiger partial charge in [-0.05, 0) is 62.0 Å². The smallest absolute Gasteiger partial charge is 0.224 e. The fraction of sp³-hybridized carbons (Fsp3) is 0.526. The molecule has 1 aromatic heterocycles. The predicted molar refractivity (Wildman–Crippen MR) is 105 cm³/mol. The summed E-state index contributed by atoms with van der Waals surface area (Å²) in [6.45, 7) is 6.27. The lowest BCUT2D eigenvalue weighted by molar-refractivity contribution is -0.117. The van der Waals surface area contributed by atoms with Crippen LogP contribution in [0.1, 0.15) is 37.9 Å². The van der Waals surface area contributed by atoms with Crippen molar-refractivity contribution in [2.75, 3.05) is 18.4 Å². The van der Waals surface area contributed by atoms with Crippen molar-refractivity contribution >= 4 is 24.0 Å². The maximum absolute atomic E-state index is 12.3. The molecule has 1 aromatic carbocycles. The molecular weight excluding hydrogens is 368 g/mol. The SMILES string of the molecule is Cc1nc(COc2ccc(NC(=O)CC(C)C3CCNCC3)cc2)no1.Cl. The summed E-state index contributed by atoms with van der Waals surface area (Å²) < 4.78 is 10.5. The molecule has 1 aliphatic rings. The van der Waals surface area contributed by atoms with Crippen molar-refractivity contribution in [2.24, 2.45) is 11.8 Å². The zero-order valence-corrected chi connectivity index (χ0v) is 16.6. The molecule has 1 atom stereocenters. The van der Waals surface area contributed by atoms with Crippen LogP contribution >= 0.6 is 12.4 Å². The molecule has 8 heteroatoms. The van der Waals surface area contributed by atoms with Gasteiger partial charge in [-0.3, -0.25) is 4.79 Å². The topological polar surface area (TPSA) is 89.3 Å². The Hall–Kier alpha value is -2.12. The van der Waals surface area contributed by atoms with Crippen LogP contribution in [0, 0.1) is 18.8 Å². The molecule has 2 heterocycles. The minimum Gasteiger partial charge on any atom is -0.485 e. The number of rotatable bonds is 7. The van der Waals surface area contributed by atoms with E-state index in [9.17, 15) is 4.79 Å². The van der Waals surface area contributed by atoms with Gasteiger partial charge in [0.15, 0.2) is 6.61 Å². The Balaban J connectivity index is 0.00000261. The molecule has 148 valence electrons. The van der Waals surface area contributed by atoms with Crippen LogP contribution in [0.25, 0.3) is 0 Å². The highest BCUT2D eigenvalue weighted by molar-refractivity contribution is 5.90. The monoisotopic (exact) mass is 394 g/mol. The van der Waals surface area contributed by atoms with Gasteiger partial charge >= 0.3 is 0 Å². The van der Waals surface area contributed by atoms with Gasteiger partial charge in [0.05, 0.1) is 0 Å². The molecule has 27 heavy (non-hydrogen) atoms. The van der Waals surface area contributed by atoms with Crippen molar-refractivity contribution in [3.8, 4) is 5.75 Å². The highest BCUT2D eigenvalue weighted by Crippen LogP contribution is 2.25. The first kappa shape index (κ1) is 21.2. The predicted octanol–water partition coefficient (Wildman–Crippen LogP) is 3.34. The molecule has 1 saturated heterocycles. The average Bonchev–Trinajstić information content (AvgIpc) is 3.07. The minimum atomic E-state index is 0. The summed E-state index contributed by atoms with van der Waals surface area (Å²) in [5.74, 6) is 2.80. The summed E-state index contributed by atoms with van der Waals surface area (Å²) in [4.78, 5) is 16.4. The number of carbonyl (C=O) groups excluding carboxylic acids is 1. The van der Waals surface area contributed by atoms with E-state index < -0.39 is 0 Å². The van der Waals surface area contributed by atoms with E-state index in [2.05, 4.69) is 27.7 Å². The number of hydrogen-bond acceptors (Lipinski definition) is 6. The summed E-state index contributed by atoms with van der Waals surface area (Å²) in [6.07, 6.45) is 2.86. The van der Waals surface area contributed by atoms with Crippen LogP contribution in [0.2, 0.25) is 0 Å². The first-order chi connectivity index (χ1) is 12.6. The molecule has 1 aliphatic heterocycles. The lowest BCUT2D eigenvalue weighted by atomic mass is 9.84. The van der Waals surface area contributed by atoms with Crippen molar-refractivity contribution in [3.05, 3.63) is 36.0 Å². The fourth-order valence-corrected chi connectivity index (χ4v) is 3.27. The van der Waals surface area contributed by atoms with E-state index in [1.165, 1.54) is 0 Å². The van der Waals surface area contributed by atoms with Gasteiger partial charge in [-0.25, -0.2) is 0 Å². The van der Waals surface area contributed by atoms with E-state index >= 15 is 0 Å². The summed E-state index contributed by atoms with van der Waals surface area (Å²) >= 11 is 0. The highest BCUT2D eigenvalue weighted by atomic mass is 35.5. The number of ether oxygens (including phenoxy) is 1. The van der Waals surface area contributed by atoms with Crippen molar-refractivity contribution < 1.29 is 14.1 Å². The largest absolute Gasteiger partial charge is 0.485 e. The van der Waals surface area contributed by atoms with Crippen LogP contribution in [-0.4, -0.2) is 29.1 Å². The lowest BCUT2D eigenvalue weighted by Crippen LogP contribution is -2.32. The third-order valence-corrected chi connectivity index (χ3v) is 4.77. The molecule has 1 fully saturated rings. The number of benzene rings is 1. The molecule has 7 nitrogen and oxygen atoms in total. The second-order valence-corrected chi connectivity index (χ2v) is 6.86. The third kappa shape index (κ3) is 6.52. The molecule has 0 bridgehead atoms. The number of nitrogens with one attached hydrogen (secondary N) is 2. The van der Waals surface area contributed by atoms with E-state index in [0.717, 1.165) is 31.6 Å². The number of aryl methyl sites for hydroxylation is 1. The number of nitrogens with zero attached hydrogens (tertiary/aromatic N) is 2. The summed E-state index contributed by atoms with van der Waals surface area (Å²) in [5, 5.41) is 10.1. The second kappa shape index (κ2) is 10.3. The maximum Gasteiger partial charge on any atom is 0.224 e. The van der Waals surface area contributed by atoms with Gasteiger partial charge in [0.1, 0.15) is 5.75 Å². The van der Waals surface area contributed by atoms with Gasteiger partial charge in [-0.1, -0.05) is 12.1 Å². The molecule has 1 amide bonds. The lowest BCUT2D eigenvalue weighted by Gasteiger charge is -2.27. The van der Waals surface area contributed by atoms with E-state index in [0.29, 0.717) is 35.7 Å². The van der Waals surface area contributed by atoms with Crippen LogP contribution in [0.3, 0.4) is 0 Å². The molecular formula is C19H27ClN4O3. The van der Waals surface area contributed by atoms with Gasteiger partial charge in [-0.15, -0.1) is 12.4 Å². The maximum atomic E-state index is 12.3. The van der Waals surface area contributed by atoms with Gasteiger partial charge in [0, 0.05) is 19.0 Å². The summed E-state index contributed by atoms with van der Waals surface area (Å²) in [6, 6.07) is 7.31. The summed E-state index contributed by atoms with van der Waals surface area (Å²) in [7, 11) is 0. The highest BCUT2D eigenvalue weighted by Gasteiger charge is 2.22. The second-order valence-electron chi connectivity index (χ2n) is 6.86. The van der Waals surface area contributed by atoms with Crippen LogP contribution in [0.15, 0.2) is 28.8 Å².